The minimum atomic E-state index is -1.52. The number of amides is 9. The maximum absolute atomic E-state index is 15.1. The fraction of sp³-hybridized carbons (Fsp3) is 0.604. The predicted molar refractivity (Wildman–Crippen MR) is 273 cm³/mol. The van der Waals surface area contributed by atoms with Crippen LogP contribution >= 0.6 is 0 Å². The minimum absolute atomic E-state index is 0.0293. The second-order valence-electron chi connectivity index (χ2n) is 20.2. The lowest BCUT2D eigenvalue weighted by molar-refractivity contribution is -0.151. The first-order valence-electron chi connectivity index (χ1n) is 25.1. The molecule has 0 spiro atoms. The van der Waals surface area contributed by atoms with Crippen molar-refractivity contribution in [2.75, 3.05) is 34.7 Å². The van der Waals surface area contributed by atoms with Crippen LogP contribution in [-0.2, 0) is 56.0 Å². The molecule has 19 heteroatoms. The Hall–Kier alpha value is -6.37. The molecule has 9 amide bonds. The van der Waals surface area contributed by atoms with Gasteiger partial charge in [0.2, 0.25) is 53.2 Å². The number of carbonyl (C=O) groups excluding carboxylic acids is 9. The SMILES string of the molecule is CC[C@H](C)[C@@H]1NC(=O)[C@H](CC(C)C)N(C)C(=O)[C@H](C)NC(=O)CCN(C)C(=O)C[C@@H](C)NC(=O)[C@H]([C@@H](C)O)NC(=O)[C@H](Cc2ccccc2)NC(=O)[C@H](C(C)C)N(C)C(=O)[C@H](Cc2ccccc2)N(C)C1=O. The third kappa shape index (κ3) is 17.2. The Morgan fingerprint density at radius 3 is 1.67 bits per heavy atom. The molecule has 1 aliphatic rings. The van der Waals surface area contributed by atoms with Crippen molar-refractivity contribution in [3.8, 4) is 0 Å². The molecule has 0 unspecified atom stereocenters. The zero-order valence-corrected chi connectivity index (χ0v) is 44.6. The number of nitrogens with zero attached hydrogens (tertiary/aromatic N) is 4. The molecular formula is C53H81N9O10. The molecule has 0 aliphatic carbocycles. The van der Waals surface area contributed by atoms with Crippen molar-refractivity contribution < 1.29 is 48.3 Å². The highest BCUT2D eigenvalue weighted by molar-refractivity contribution is 5.98. The lowest BCUT2D eigenvalue weighted by Gasteiger charge is -2.38. The Kier molecular flexibility index (Phi) is 23.3. The molecule has 0 radical (unpaired) electrons. The summed E-state index contributed by atoms with van der Waals surface area (Å²) in [6.45, 7) is 15.3. The van der Waals surface area contributed by atoms with Crippen LogP contribution in [0.25, 0.3) is 0 Å². The summed E-state index contributed by atoms with van der Waals surface area (Å²) in [4.78, 5) is 133. The molecule has 398 valence electrons. The van der Waals surface area contributed by atoms with Crippen LogP contribution in [0.5, 0.6) is 0 Å². The van der Waals surface area contributed by atoms with Crippen molar-refractivity contribution in [3.05, 3.63) is 71.8 Å². The van der Waals surface area contributed by atoms with E-state index in [1.807, 2.05) is 39.0 Å². The van der Waals surface area contributed by atoms with E-state index in [2.05, 4.69) is 26.6 Å². The summed E-state index contributed by atoms with van der Waals surface area (Å²) in [5.41, 5.74) is 1.37. The van der Waals surface area contributed by atoms with Gasteiger partial charge in [-0.2, -0.15) is 0 Å². The van der Waals surface area contributed by atoms with Crippen LogP contribution in [-0.4, -0.2) is 167 Å². The van der Waals surface area contributed by atoms with Crippen LogP contribution in [0, 0.1) is 17.8 Å². The fourth-order valence-electron chi connectivity index (χ4n) is 8.72. The summed E-state index contributed by atoms with van der Waals surface area (Å²) in [6, 6.07) is 8.53. The van der Waals surface area contributed by atoms with Crippen molar-refractivity contribution in [1.29, 1.82) is 0 Å². The molecule has 1 fully saturated rings. The van der Waals surface area contributed by atoms with Crippen LogP contribution < -0.4 is 26.6 Å². The number of aliphatic hydroxyl groups is 1. The van der Waals surface area contributed by atoms with E-state index in [-0.39, 0.29) is 44.6 Å². The van der Waals surface area contributed by atoms with Crippen LogP contribution in [0.4, 0.5) is 0 Å². The van der Waals surface area contributed by atoms with E-state index in [0.29, 0.717) is 17.5 Å². The van der Waals surface area contributed by atoms with Crippen molar-refractivity contribution >= 4 is 53.2 Å². The van der Waals surface area contributed by atoms with Crippen LogP contribution in [0.1, 0.15) is 99.1 Å². The van der Waals surface area contributed by atoms with E-state index < -0.39 is 119 Å². The third-order valence-corrected chi connectivity index (χ3v) is 13.3. The summed E-state index contributed by atoms with van der Waals surface area (Å²) in [5, 5.41) is 24.5. The number of hydrogen-bond acceptors (Lipinski definition) is 10. The van der Waals surface area contributed by atoms with E-state index in [0.717, 1.165) is 0 Å². The Morgan fingerprint density at radius 2 is 1.14 bits per heavy atom. The molecule has 1 aliphatic heterocycles. The molecular weight excluding hydrogens is 923 g/mol. The fourth-order valence-corrected chi connectivity index (χ4v) is 8.72. The van der Waals surface area contributed by atoms with Crippen LogP contribution in [0.15, 0.2) is 60.7 Å². The summed E-state index contributed by atoms with van der Waals surface area (Å²) >= 11 is 0. The lowest BCUT2D eigenvalue weighted by Crippen LogP contribution is -2.62. The highest BCUT2D eigenvalue weighted by Crippen LogP contribution is 2.21. The Labute approximate surface area is 425 Å². The molecule has 2 aromatic carbocycles. The molecule has 3 rings (SSSR count). The zero-order chi connectivity index (χ0) is 54.1. The number of likely N-dealkylation sites (N-methyl/N-ethyl adjacent to an activating group) is 3. The van der Waals surface area contributed by atoms with Gasteiger partial charge in [0.1, 0.15) is 42.3 Å². The van der Waals surface area contributed by atoms with Gasteiger partial charge in [0.15, 0.2) is 0 Å². The van der Waals surface area contributed by atoms with Gasteiger partial charge in [-0.25, -0.2) is 0 Å². The molecule has 0 aromatic heterocycles. The van der Waals surface area contributed by atoms with Gasteiger partial charge in [-0.15, -0.1) is 0 Å². The Morgan fingerprint density at radius 1 is 0.597 bits per heavy atom. The van der Waals surface area contributed by atoms with Gasteiger partial charge in [0, 0.05) is 66.5 Å². The van der Waals surface area contributed by atoms with Gasteiger partial charge in [-0.1, -0.05) is 109 Å². The highest BCUT2D eigenvalue weighted by Gasteiger charge is 2.42. The largest absolute Gasteiger partial charge is 0.391 e. The number of hydrogen-bond donors (Lipinski definition) is 6. The minimum Gasteiger partial charge on any atom is -0.391 e. The van der Waals surface area contributed by atoms with Crippen molar-refractivity contribution in [3.63, 3.8) is 0 Å². The number of benzene rings is 2. The maximum atomic E-state index is 15.1. The first-order valence-corrected chi connectivity index (χ1v) is 25.1. The summed E-state index contributed by atoms with van der Waals surface area (Å²) in [6.07, 6.45) is -1.15. The number of aliphatic hydroxyl groups excluding tert-OH is 1. The van der Waals surface area contributed by atoms with Crippen LogP contribution in [0.3, 0.4) is 0 Å². The third-order valence-electron chi connectivity index (χ3n) is 13.3. The van der Waals surface area contributed by atoms with E-state index in [1.54, 1.807) is 70.2 Å². The summed E-state index contributed by atoms with van der Waals surface area (Å²) in [7, 11) is 5.87. The van der Waals surface area contributed by atoms with Crippen LogP contribution in [0.2, 0.25) is 0 Å². The normalized spacial score (nSPS) is 26.0. The molecule has 1 saturated heterocycles. The van der Waals surface area contributed by atoms with Gasteiger partial charge in [-0.05, 0) is 56.1 Å². The van der Waals surface area contributed by atoms with E-state index in [4.69, 9.17) is 0 Å². The number of nitrogens with one attached hydrogen (secondary N) is 5. The van der Waals surface area contributed by atoms with E-state index in [9.17, 15) is 43.5 Å². The smallest absolute Gasteiger partial charge is 0.246 e. The molecule has 6 N–H and O–H groups in total. The quantitative estimate of drug-likeness (QED) is 0.202. The topological polar surface area (TPSA) is 247 Å². The molecule has 72 heavy (non-hydrogen) atoms. The number of carbonyl (C=O) groups is 9. The molecule has 0 saturated carbocycles. The van der Waals surface area contributed by atoms with Gasteiger partial charge in [0.05, 0.1) is 6.10 Å². The monoisotopic (exact) mass is 1000 g/mol. The van der Waals surface area contributed by atoms with Crippen molar-refractivity contribution in [1.82, 2.24) is 46.2 Å². The molecule has 1 heterocycles. The first-order chi connectivity index (χ1) is 33.8. The second-order valence-corrected chi connectivity index (χ2v) is 20.2. The molecule has 0 bridgehead atoms. The van der Waals surface area contributed by atoms with Crippen molar-refractivity contribution in [2.24, 2.45) is 17.8 Å². The number of rotatable bonds is 10. The average molecular weight is 1000 g/mol. The van der Waals surface area contributed by atoms with Gasteiger partial charge in [0.25, 0.3) is 0 Å². The lowest BCUT2D eigenvalue weighted by atomic mass is 9.94. The molecule has 2 aromatic rings. The van der Waals surface area contributed by atoms with Gasteiger partial charge < -0.3 is 51.3 Å². The summed E-state index contributed by atoms with van der Waals surface area (Å²) in [5.74, 6) is -6.69. The first kappa shape index (κ1) is 59.9. The Bertz CT molecular complexity index is 2170. The van der Waals surface area contributed by atoms with Gasteiger partial charge >= 0.3 is 0 Å². The standard InChI is InChI=1S/C53H81N9O10/c1-14-33(6)44-53(72)61(12)41(30-38-23-19-16-20-24-38)52(71)62(13)46(32(4)5)50(69)56-39(29-37-21-17-15-18-22-37)47(66)58-45(36(9)63)49(68)54-34(7)28-43(65)59(10)26-25-42(64)55-35(8)51(70)60(11)40(27-31(2)3)48(67)57-44/h15-24,31-36,39-41,44-46,63H,14,25-30H2,1-13H3,(H,54,68)(H,55,64)(H,56,69)(H,57,67)(H,58,66)/t33-,34+,35-,36+,39-,40-,41-,44-,45-,46-/m0/s1. The van der Waals surface area contributed by atoms with E-state index >= 15 is 4.79 Å². The van der Waals surface area contributed by atoms with Crippen molar-refractivity contribution in [2.45, 2.75) is 155 Å². The second kappa shape index (κ2) is 28.0. The van der Waals surface area contributed by atoms with E-state index in [1.165, 1.54) is 61.6 Å². The summed E-state index contributed by atoms with van der Waals surface area (Å²) < 4.78 is 0. The molecule has 10 atom stereocenters. The Balaban J connectivity index is 2.20. The average Bonchev–Trinajstić information content (AvgIpc) is 3.33. The molecule has 19 nitrogen and oxygen atoms in total. The van der Waals surface area contributed by atoms with Gasteiger partial charge in [-0.3, -0.25) is 43.2 Å². The maximum Gasteiger partial charge on any atom is 0.246 e. The zero-order valence-electron chi connectivity index (χ0n) is 44.6. The highest BCUT2D eigenvalue weighted by atomic mass is 16.3. The predicted octanol–water partition coefficient (Wildman–Crippen LogP) is 1.80.